The largest absolute Gasteiger partial charge is 0.469 e. The van der Waals surface area contributed by atoms with Crippen LogP contribution in [0.1, 0.15) is 42.4 Å². The van der Waals surface area contributed by atoms with Crippen LogP contribution >= 0.6 is 11.3 Å². The van der Waals surface area contributed by atoms with Gasteiger partial charge in [-0.05, 0) is 18.6 Å². The quantitative estimate of drug-likeness (QED) is 0.813. The predicted octanol–water partition coefficient (Wildman–Crippen LogP) is 2.33. The fraction of sp³-hybridized carbons (Fsp3) is 0.533. The number of amides is 2. The summed E-state index contributed by atoms with van der Waals surface area (Å²) in [4.78, 5) is 35.5. The summed E-state index contributed by atoms with van der Waals surface area (Å²) < 4.78 is 4.51. The number of rotatable bonds is 5. The lowest BCUT2D eigenvalue weighted by atomic mass is 9.96. The Kier molecular flexibility index (Phi) is 6.11. The number of hydrogen-bond acceptors (Lipinski definition) is 5. The molecule has 0 aromatic carbocycles. The van der Waals surface area contributed by atoms with Crippen LogP contribution in [0.5, 0.6) is 0 Å². The monoisotopic (exact) mass is 326 g/mol. The molecule has 22 heavy (non-hydrogen) atoms. The molecule has 1 aromatic heterocycles. The molecule has 7 heteroatoms. The molecule has 0 saturated heterocycles. The zero-order valence-electron chi connectivity index (χ0n) is 13.5. The zero-order valence-corrected chi connectivity index (χ0v) is 14.3. The Morgan fingerprint density at radius 1 is 1.27 bits per heavy atom. The van der Waals surface area contributed by atoms with Crippen molar-refractivity contribution in [3.63, 3.8) is 0 Å². The van der Waals surface area contributed by atoms with Crippen molar-refractivity contribution < 1.29 is 19.1 Å². The Labute approximate surface area is 134 Å². The second-order valence-electron chi connectivity index (χ2n) is 5.91. The van der Waals surface area contributed by atoms with E-state index in [1.54, 1.807) is 13.0 Å². The second kappa shape index (κ2) is 7.40. The minimum atomic E-state index is -0.499. The van der Waals surface area contributed by atoms with Crippen LogP contribution in [-0.4, -0.2) is 31.4 Å². The first-order chi connectivity index (χ1) is 10.1. The molecule has 0 aliphatic carbocycles. The van der Waals surface area contributed by atoms with Gasteiger partial charge in [-0.25, -0.2) is 0 Å². The van der Waals surface area contributed by atoms with Crippen molar-refractivity contribution in [1.82, 2.24) is 5.32 Å². The highest BCUT2D eigenvalue weighted by Gasteiger charge is 2.23. The summed E-state index contributed by atoms with van der Waals surface area (Å²) in [7, 11) is 1.30. The molecule has 6 nitrogen and oxygen atoms in total. The molecular weight excluding hydrogens is 304 g/mol. The van der Waals surface area contributed by atoms with Crippen LogP contribution in [0, 0.1) is 12.3 Å². The molecule has 1 rings (SSSR count). The lowest BCUT2D eigenvalue weighted by Crippen LogP contribution is -2.27. The molecule has 0 spiro atoms. The van der Waals surface area contributed by atoms with Gasteiger partial charge in [-0.2, -0.15) is 0 Å². The standard InChI is InChI=1S/C15H22N2O4S/c1-9-8-10(17-14(20)15(2,3)4)22-12(9)13(19)16-7-6-11(18)21-5/h8H,6-7H2,1-5H3,(H,16,19)(H,17,20). The van der Waals surface area contributed by atoms with Crippen molar-refractivity contribution in [3.05, 3.63) is 16.5 Å². The SMILES string of the molecule is COC(=O)CCNC(=O)c1sc(NC(=O)C(C)(C)C)cc1C. The lowest BCUT2D eigenvalue weighted by molar-refractivity contribution is -0.140. The molecule has 0 fully saturated rings. The number of ether oxygens (including phenoxy) is 1. The second-order valence-corrected chi connectivity index (χ2v) is 6.96. The van der Waals surface area contributed by atoms with E-state index in [2.05, 4.69) is 15.4 Å². The van der Waals surface area contributed by atoms with E-state index < -0.39 is 5.41 Å². The molecule has 2 N–H and O–H groups in total. The Morgan fingerprint density at radius 2 is 1.91 bits per heavy atom. The molecule has 122 valence electrons. The smallest absolute Gasteiger partial charge is 0.307 e. The van der Waals surface area contributed by atoms with E-state index in [4.69, 9.17) is 0 Å². The predicted molar refractivity (Wildman–Crippen MR) is 86.1 cm³/mol. The summed E-state index contributed by atoms with van der Waals surface area (Å²) in [6.45, 7) is 7.49. The van der Waals surface area contributed by atoms with Gasteiger partial charge in [-0.1, -0.05) is 20.8 Å². The Bertz CT molecular complexity index is 573. The molecule has 1 heterocycles. The molecule has 0 aliphatic heterocycles. The van der Waals surface area contributed by atoms with Crippen molar-refractivity contribution in [3.8, 4) is 0 Å². The van der Waals surface area contributed by atoms with Gasteiger partial charge in [0, 0.05) is 12.0 Å². The normalized spacial score (nSPS) is 11.0. The maximum absolute atomic E-state index is 12.1. The van der Waals surface area contributed by atoms with E-state index >= 15 is 0 Å². The molecule has 0 bridgehead atoms. The van der Waals surface area contributed by atoms with Crippen LogP contribution < -0.4 is 10.6 Å². The van der Waals surface area contributed by atoms with E-state index in [9.17, 15) is 14.4 Å². The van der Waals surface area contributed by atoms with E-state index in [1.807, 2.05) is 20.8 Å². The van der Waals surface area contributed by atoms with E-state index in [0.717, 1.165) is 5.56 Å². The minimum absolute atomic E-state index is 0.105. The summed E-state index contributed by atoms with van der Waals surface area (Å²) >= 11 is 1.22. The average Bonchev–Trinajstić information content (AvgIpc) is 2.78. The number of carbonyl (C=O) groups is 3. The van der Waals surface area contributed by atoms with Gasteiger partial charge in [0.05, 0.1) is 23.4 Å². The van der Waals surface area contributed by atoms with Crippen LogP contribution in [0.3, 0.4) is 0 Å². The highest BCUT2D eigenvalue weighted by Crippen LogP contribution is 2.28. The average molecular weight is 326 g/mol. The van der Waals surface area contributed by atoms with E-state index in [1.165, 1.54) is 18.4 Å². The number of nitrogens with one attached hydrogen (secondary N) is 2. The molecule has 2 amide bonds. The van der Waals surface area contributed by atoms with E-state index in [0.29, 0.717) is 9.88 Å². The number of methoxy groups -OCH3 is 1. The zero-order chi connectivity index (χ0) is 16.9. The fourth-order valence-corrected chi connectivity index (χ4v) is 2.51. The summed E-state index contributed by atoms with van der Waals surface area (Å²) in [6, 6.07) is 1.77. The fourth-order valence-electron chi connectivity index (χ4n) is 1.53. The van der Waals surface area contributed by atoms with Gasteiger partial charge < -0.3 is 15.4 Å². The van der Waals surface area contributed by atoms with Crippen LogP contribution in [-0.2, 0) is 14.3 Å². The van der Waals surface area contributed by atoms with Crippen molar-refractivity contribution >= 4 is 34.1 Å². The lowest BCUT2D eigenvalue weighted by Gasteiger charge is -2.16. The van der Waals surface area contributed by atoms with Crippen molar-refractivity contribution in [2.24, 2.45) is 5.41 Å². The highest BCUT2D eigenvalue weighted by molar-refractivity contribution is 7.18. The third-order valence-corrected chi connectivity index (χ3v) is 4.04. The maximum atomic E-state index is 12.1. The third kappa shape index (κ3) is 5.14. The number of anilines is 1. The number of carbonyl (C=O) groups excluding carboxylic acids is 3. The van der Waals surface area contributed by atoms with Crippen LogP contribution in [0.4, 0.5) is 5.00 Å². The van der Waals surface area contributed by atoms with Crippen LogP contribution in [0.2, 0.25) is 0 Å². The number of esters is 1. The van der Waals surface area contributed by atoms with Crippen molar-refractivity contribution in [2.45, 2.75) is 34.1 Å². The Morgan fingerprint density at radius 3 is 2.45 bits per heavy atom. The molecule has 1 aromatic rings. The molecule has 0 saturated carbocycles. The summed E-state index contributed by atoms with van der Waals surface area (Å²) in [5.74, 6) is -0.740. The first kappa shape index (κ1) is 18.2. The van der Waals surface area contributed by atoms with Gasteiger partial charge in [-0.15, -0.1) is 11.3 Å². The van der Waals surface area contributed by atoms with Gasteiger partial charge >= 0.3 is 5.97 Å². The summed E-state index contributed by atoms with van der Waals surface area (Å²) in [5, 5.41) is 6.10. The molecule has 0 atom stereocenters. The van der Waals surface area contributed by atoms with Gasteiger partial charge in [0.25, 0.3) is 5.91 Å². The number of aryl methyl sites for hydroxylation is 1. The third-order valence-electron chi connectivity index (χ3n) is 2.88. The van der Waals surface area contributed by atoms with Crippen molar-refractivity contribution in [1.29, 1.82) is 0 Å². The maximum Gasteiger partial charge on any atom is 0.307 e. The number of thiophene rings is 1. The first-order valence-corrected chi connectivity index (χ1v) is 7.73. The summed E-state index contributed by atoms with van der Waals surface area (Å²) in [5.41, 5.74) is 0.283. The van der Waals surface area contributed by atoms with Crippen molar-refractivity contribution in [2.75, 3.05) is 19.0 Å². The van der Waals surface area contributed by atoms with Gasteiger partial charge in [0.15, 0.2) is 0 Å². The molecule has 0 aliphatic rings. The molecule has 0 radical (unpaired) electrons. The Hall–Kier alpha value is -1.89. The van der Waals surface area contributed by atoms with Crippen LogP contribution in [0.25, 0.3) is 0 Å². The van der Waals surface area contributed by atoms with Crippen LogP contribution in [0.15, 0.2) is 6.07 Å². The first-order valence-electron chi connectivity index (χ1n) is 6.92. The Balaban J connectivity index is 2.67. The highest BCUT2D eigenvalue weighted by atomic mass is 32.1. The topological polar surface area (TPSA) is 84.5 Å². The van der Waals surface area contributed by atoms with Gasteiger partial charge in [-0.3, -0.25) is 14.4 Å². The van der Waals surface area contributed by atoms with Gasteiger partial charge in [0.2, 0.25) is 5.91 Å². The minimum Gasteiger partial charge on any atom is -0.469 e. The van der Waals surface area contributed by atoms with Gasteiger partial charge in [0.1, 0.15) is 0 Å². The van der Waals surface area contributed by atoms with E-state index in [-0.39, 0.29) is 30.7 Å². The number of hydrogen-bond donors (Lipinski definition) is 2. The summed E-state index contributed by atoms with van der Waals surface area (Å²) in [6.07, 6.45) is 0.125. The molecule has 0 unspecified atom stereocenters. The molecular formula is C15H22N2O4S.